The number of hydrogen-bond acceptors (Lipinski definition) is 4. The summed E-state index contributed by atoms with van der Waals surface area (Å²) < 4.78 is 18.3. The zero-order chi connectivity index (χ0) is 20.3. The molecule has 2 saturated heterocycles. The van der Waals surface area contributed by atoms with E-state index in [4.69, 9.17) is 14.2 Å². The largest absolute Gasteiger partial charge is 0.390 e. The van der Waals surface area contributed by atoms with Crippen LogP contribution in [0.4, 0.5) is 0 Å². The first-order valence-corrected chi connectivity index (χ1v) is 11.9. The first kappa shape index (κ1) is 22.7. The Kier molecular flexibility index (Phi) is 9.95. The average molecular weight is 405 g/mol. The van der Waals surface area contributed by atoms with Gasteiger partial charge in [-0.15, -0.1) is 0 Å². The van der Waals surface area contributed by atoms with E-state index < -0.39 is 0 Å². The number of aliphatic hydroxyl groups is 1. The summed E-state index contributed by atoms with van der Waals surface area (Å²) in [6.45, 7) is 2.95. The van der Waals surface area contributed by atoms with Crippen molar-refractivity contribution in [2.75, 3.05) is 6.61 Å². The third-order valence-electron chi connectivity index (χ3n) is 6.32. The molecule has 0 spiro atoms. The van der Waals surface area contributed by atoms with E-state index in [0.717, 1.165) is 37.7 Å². The third kappa shape index (κ3) is 7.36. The monoisotopic (exact) mass is 404 g/mol. The number of unbranched alkanes of at least 4 members (excludes halogenated alkanes) is 7. The second-order valence-corrected chi connectivity index (χ2v) is 8.70. The van der Waals surface area contributed by atoms with Crippen LogP contribution in [0.1, 0.15) is 95.8 Å². The summed E-state index contributed by atoms with van der Waals surface area (Å²) in [5.41, 5.74) is 1.06. The minimum atomic E-state index is -0.343. The summed E-state index contributed by atoms with van der Waals surface area (Å²) in [7, 11) is 0. The van der Waals surface area contributed by atoms with E-state index in [1.165, 1.54) is 44.9 Å². The van der Waals surface area contributed by atoms with Crippen LogP contribution in [-0.4, -0.2) is 36.1 Å². The zero-order valence-electron chi connectivity index (χ0n) is 18.1. The summed E-state index contributed by atoms with van der Waals surface area (Å²) in [5, 5.41) is 10.6. The molecule has 0 aliphatic carbocycles. The molecule has 0 bridgehead atoms. The highest BCUT2D eigenvalue weighted by molar-refractivity contribution is 5.16. The Balaban J connectivity index is 1.33. The standard InChI is InChI=1S/C25H40O4/c1-2-3-4-5-6-7-8-12-15-21(26)22-16-17-23(28-22)24-18-19-27-25(29-24)20-13-10-9-11-14-20/h9-11,13-14,21-26H,2-8,12,15-19H2,1H3/t21-,22+,23-,24-,25-/m0/s1. The number of rotatable bonds is 12. The summed E-state index contributed by atoms with van der Waals surface area (Å²) in [4.78, 5) is 0. The van der Waals surface area contributed by atoms with Crippen LogP contribution in [0.2, 0.25) is 0 Å². The molecule has 0 unspecified atom stereocenters. The zero-order valence-corrected chi connectivity index (χ0v) is 18.1. The fourth-order valence-electron chi connectivity index (χ4n) is 4.53. The van der Waals surface area contributed by atoms with Gasteiger partial charge in [-0.2, -0.15) is 0 Å². The lowest BCUT2D eigenvalue weighted by Crippen LogP contribution is -2.37. The van der Waals surface area contributed by atoms with Crippen molar-refractivity contribution in [3.8, 4) is 0 Å². The van der Waals surface area contributed by atoms with Gasteiger partial charge in [0.25, 0.3) is 0 Å². The lowest BCUT2D eigenvalue weighted by Gasteiger charge is -2.34. The Labute approximate surface area is 176 Å². The van der Waals surface area contributed by atoms with Gasteiger partial charge < -0.3 is 19.3 Å². The molecule has 2 fully saturated rings. The van der Waals surface area contributed by atoms with Crippen molar-refractivity contribution in [2.45, 2.75) is 115 Å². The van der Waals surface area contributed by atoms with E-state index in [9.17, 15) is 5.11 Å². The lowest BCUT2D eigenvalue weighted by atomic mass is 10.0. The predicted octanol–water partition coefficient (Wildman–Crippen LogP) is 5.93. The van der Waals surface area contributed by atoms with Crippen LogP contribution in [0.25, 0.3) is 0 Å². The van der Waals surface area contributed by atoms with Crippen molar-refractivity contribution < 1.29 is 19.3 Å². The van der Waals surface area contributed by atoms with Crippen LogP contribution in [0.3, 0.4) is 0 Å². The molecule has 4 heteroatoms. The van der Waals surface area contributed by atoms with Crippen molar-refractivity contribution in [1.82, 2.24) is 0 Å². The number of hydrogen-bond donors (Lipinski definition) is 1. The van der Waals surface area contributed by atoms with E-state index in [0.29, 0.717) is 6.61 Å². The van der Waals surface area contributed by atoms with Crippen LogP contribution in [-0.2, 0) is 14.2 Å². The molecule has 1 aromatic carbocycles. The van der Waals surface area contributed by atoms with E-state index in [1.807, 2.05) is 30.3 Å². The van der Waals surface area contributed by atoms with Gasteiger partial charge in [-0.05, 0) is 25.7 Å². The molecule has 3 rings (SSSR count). The molecule has 1 N–H and O–H groups in total. The summed E-state index contributed by atoms with van der Waals surface area (Å²) in [6, 6.07) is 10.1. The third-order valence-corrected chi connectivity index (χ3v) is 6.32. The molecule has 2 heterocycles. The molecule has 1 aromatic rings. The smallest absolute Gasteiger partial charge is 0.184 e. The van der Waals surface area contributed by atoms with Gasteiger partial charge in [0.05, 0.1) is 31.0 Å². The quantitative estimate of drug-likeness (QED) is 0.439. The molecular formula is C25H40O4. The highest BCUT2D eigenvalue weighted by Crippen LogP contribution is 2.34. The van der Waals surface area contributed by atoms with Crippen LogP contribution in [0.5, 0.6) is 0 Å². The van der Waals surface area contributed by atoms with Crippen LogP contribution in [0.15, 0.2) is 30.3 Å². The molecule has 5 atom stereocenters. The van der Waals surface area contributed by atoms with Crippen LogP contribution >= 0.6 is 0 Å². The number of aliphatic hydroxyl groups excluding tert-OH is 1. The molecule has 29 heavy (non-hydrogen) atoms. The molecule has 0 radical (unpaired) electrons. The molecule has 0 amide bonds. The minimum Gasteiger partial charge on any atom is -0.390 e. The predicted molar refractivity (Wildman–Crippen MR) is 116 cm³/mol. The Hall–Kier alpha value is -0.940. The second-order valence-electron chi connectivity index (χ2n) is 8.70. The number of benzene rings is 1. The van der Waals surface area contributed by atoms with Gasteiger partial charge in [-0.3, -0.25) is 0 Å². The second kappa shape index (κ2) is 12.7. The highest BCUT2D eigenvalue weighted by atomic mass is 16.7. The Morgan fingerprint density at radius 1 is 0.862 bits per heavy atom. The fraction of sp³-hybridized carbons (Fsp3) is 0.760. The normalized spacial score (nSPS) is 28.5. The number of ether oxygens (including phenoxy) is 3. The van der Waals surface area contributed by atoms with Gasteiger partial charge in [0.1, 0.15) is 0 Å². The maximum absolute atomic E-state index is 10.6. The fourth-order valence-corrected chi connectivity index (χ4v) is 4.53. The summed E-state index contributed by atoms with van der Waals surface area (Å²) in [6.07, 6.45) is 13.4. The van der Waals surface area contributed by atoms with Crippen LogP contribution < -0.4 is 0 Å². The molecule has 0 aromatic heterocycles. The van der Waals surface area contributed by atoms with Crippen molar-refractivity contribution in [1.29, 1.82) is 0 Å². The minimum absolute atomic E-state index is 0.0359. The SMILES string of the molecule is CCCCCCCCCC[C@H](O)[C@H]1CC[C@@H]([C@@H]2CCO[C@H](c3ccccc3)O2)O1. The molecule has 2 aliphatic heterocycles. The Morgan fingerprint density at radius 2 is 1.55 bits per heavy atom. The first-order chi connectivity index (χ1) is 14.3. The van der Waals surface area contributed by atoms with E-state index in [2.05, 4.69) is 6.92 Å². The van der Waals surface area contributed by atoms with Gasteiger partial charge in [0.2, 0.25) is 0 Å². The highest BCUT2D eigenvalue weighted by Gasteiger charge is 2.38. The van der Waals surface area contributed by atoms with Gasteiger partial charge in [-0.25, -0.2) is 0 Å². The topological polar surface area (TPSA) is 47.9 Å². The Morgan fingerprint density at radius 3 is 2.31 bits per heavy atom. The van der Waals surface area contributed by atoms with Crippen molar-refractivity contribution in [3.05, 3.63) is 35.9 Å². The van der Waals surface area contributed by atoms with E-state index in [-0.39, 0.29) is 30.7 Å². The lowest BCUT2D eigenvalue weighted by molar-refractivity contribution is -0.242. The van der Waals surface area contributed by atoms with E-state index in [1.54, 1.807) is 0 Å². The Bertz CT molecular complexity index is 549. The van der Waals surface area contributed by atoms with Gasteiger partial charge in [-0.1, -0.05) is 88.6 Å². The molecule has 164 valence electrons. The average Bonchev–Trinajstić information content (AvgIpc) is 3.27. The molecule has 0 saturated carbocycles. The molecular weight excluding hydrogens is 364 g/mol. The molecule has 4 nitrogen and oxygen atoms in total. The summed E-state index contributed by atoms with van der Waals surface area (Å²) >= 11 is 0. The first-order valence-electron chi connectivity index (χ1n) is 11.9. The maximum Gasteiger partial charge on any atom is 0.184 e. The van der Waals surface area contributed by atoms with E-state index >= 15 is 0 Å². The van der Waals surface area contributed by atoms with Crippen molar-refractivity contribution in [3.63, 3.8) is 0 Å². The van der Waals surface area contributed by atoms with Gasteiger partial charge in [0.15, 0.2) is 6.29 Å². The maximum atomic E-state index is 10.6. The molecule has 2 aliphatic rings. The van der Waals surface area contributed by atoms with Crippen molar-refractivity contribution >= 4 is 0 Å². The van der Waals surface area contributed by atoms with Crippen molar-refractivity contribution in [2.24, 2.45) is 0 Å². The van der Waals surface area contributed by atoms with Gasteiger partial charge >= 0.3 is 0 Å². The van der Waals surface area contributed by atoms with Gasteiger partial charge in [0, 0.05) is 5.56 Å². The summed E-state index contributed by atoms with van der Waals surface area (Å²) in [5.74, 6) is 0. The van der Waals surface area contributed by atoms with Crippen LogP contribution in [0, 0.1) is 0 Å².